The Hall–Kier alpha value is -0.740. The van der Waals surface area contributed by atoms with Gasteiger partial charge in [-0.05, 0) is 13.8 Å². The summed E-state index contributed by atoms with van der Waals surface area (Å²) in [7, 11) is -3.75. The molecule has 0 amide bonds. The molecule has 1 aliphatic heterocycles. The molecule has 0 unspecified atom stereocenters. The van der Waals surface area contributed by atoms with Crippen LogP contribution in [0, 0.1) is 10.1 Å². The molecule has 0 radical (unpaired) electrons. The van der Waals surface area contributed by atoms with E-state index in [1.807, 2.05) is 13.8 Å². The first-order chi connectivity index (χ1) is 9.13. The molecule has 0 spiro atoms. The number of halogens is 1. The summed E-state index contributed by atoms with van der Waals surface area (Å²) >= 11 is 6.44. The monoisotopic (exact) mass is 339 g/mol. The molecule has 0 aromatic carbocycles. The van der Waals surface area contributed by atoms with Crippen LogP contribution in [0.4, 0.5) is 5.69 Å². The zero-order valence-corrected chi connectivity index (χ0v) is 13.3. The zero-order valence-electron chi connectivity index (χ0n) is 10.9. The van der Waals surface area contributed by atoms with E-state index in [1.54, 1.807) is 0 Å². The summed E-state index contributed by atoms with van der Waals surface area (Å²) in [6.45, 7) is 4.97. The second-order valence-corrected chi connectivity index (χ2v) is 8.95. The molecule has 1 fully saturated rings. The molecular weight excluding hydrogens is 326 g/mol. The van der Waals surface area contributed by atoms with Crippen LogP contribution in [0.15, 0.2) is 10.3 Å². The molecule has 1 aromatic rings. The van der Waals surface area contributed by atoms with E-state index in [9.17, 15) is 18.5 Å². The maximum atomic E-state index is 12.5. The van der Waals surface area contributed by atoms with Gasteiger partial charge in [-0.3, -0.25) is 10.1 Å². The number of nitrogens with zero attached hydrogens (tertiary/aromatic N) is 2. The first-order valence-corrected chi connectivity index (χ1v) is 8.46. The summed E-state index contributed by atoms with van der Waals surface area (Å²) in [6, 6.07) is 1.03. The van der Waals surface area contributed by atoms with E-state index in [0.717, 1.165) is 17.4 Å². The number of rotatable bonds is 3. The molecule has 7 nitrogen and oxygen atoms in total. The van der Waals surface area contributed by atoms with Crippen LogP contribution in [0.5, 0.6) is 0 Å². The number of hydrogen-bond donors (Lipinski definition) is 1. The van der Waals surface area contributed by atoms with Crippen LogP contribution < -0.4 is 5.32 Å². The number of nitrogens with one attached hydrogen (secondary N) is 1. The molecule has 1 aliphatic rings. The van der Waals surface area contributed by atoms with Crippen molar-refractivity contribution in [2.75, 3.05) is 19.6 Å². The maximum Gasteiger partial charge on any atom is 0.300 e. The number of hydrogen-bond acceptors (Lipinski definition) is 6. The van der Waals surface area contributed by atoms with E-state index >= 15 is 0 Å². The summed E-state index contributed by atoms with van der Waals surface area (Å²) < 4.78 is 26.1. The maximum absolute atomic E-state index is 12.5. The van der Waals surface area contributed by atoms with Gasteiger partial charge in [-0.1, -0.05) is 11.6 Å². The average molecular weight is 340 g/mol. The SMILES string of the molecule is CC1(C)CN(S(=O)(=O)c2cc([N+](=O)[O-])c(Cl)s2)CCN1. The number of sulfonamides is 1. The molecule has 10 heteroatoms. The lowest BCUT2D eigenvalue weighted by Crippen LogP contribution is -2.58. The lowest BCUT2D eigenvalue weighted by Gasteiger charge is -2.37. The van der Waals surface area contributed by atoms with Crippen LogP contribution in [0.1, 0.15) is 13.8 Å². The van der Waals surface area contributed by atoms with Crippen LogP contribution in [0.25, 0.3) is 0 Å². The molecule has 0 aliphatic carbocycles. The minimum absolute atomic E-state index is 0.0908. The third kappa shape index (κ3) is 2.96. The molecule has 0 atom stereocenters. The van der Waals surface area contributed by atoms with Gasteiger partial charge < -0.3 is 5.32 Å². The fourth-order valence-electron chi connectivity index (χ4n) is 2.02. The second kappa shape index (κ2) is 5.23. The third-order valence-corrected chi connectivity index (χ3v) is 6.61. The second-order valence-electron chi connectivity index (χ2n) is 5.13. The van der Waals surface area contributed by atoms with Crippen molar-refractivity contribution >= 4 is 38.6 Å². The summed E-state index contributed by atoms with van der Waals surface area (Å²) in [4.78, 5) is 10.1. The number of nitro groups is 1. The standard InChI is InChI=1S/C10H14ClN3O4S2/c1-10(2)6-13(4-3-12-10)20(17,18)8-5-7(14(15)16)9(11)19-8/h5,12H,3-4,6H2,1-2H3. The molecule has 1 N–H and O–H groups in total. The van der Waals surface area contributed by atoms with Crippen LogP contribution in [0.3, 0.4) is 0 Å². The first-order valence-electron chi connectivity index (χ1n) is 5.82. The summed E-state index contributed by atoms with van der Waals surface area (Å²) in [5, 5.41) is 14.0. The van der Waals surface area contributed by atoms with E-state index in [-0.39, 0.29) is 19.8 Å². The average Bonchev–Trinajstić information content (AvgIpc) is 2.70. The molecule has 20 heavy (non-hydrogen) atoms. The van der Waals surface area contributed by atoms with Gasteiger partial charge in [0.05, 0.1) is 4.92 Å². The number of piperazine rings is 1. The molecule has 112 valence electrons. The van der Waals surface area contributed by atoms with E-state index in [2.05, 4.69) is 5.32 Å². The normalized spacial score (nSPS) is 19.9. The van der Waals surface area contributed by atoms with Crippen LogP contribution in [-0.2, 0) is 10.0 Å². The van der Waals surface area contributed by atoms with E-state index in [0.29, 0.717) is 19.6 Å². The molecule has 0 saturated carbocycles. The van der Waals surface area contributed by atoms with Gasteiger partial charge in [0.1, 0.15) is 4.21 Å². The molecule has 0 bridgehead atoms. The predicted molar refractivity (Wildman–Crippen MR) is 76.8 cm³/mol. The van der Waals surface area contributed by atoms with E-state index in [1.165, 1.54) is 4.31 Å². The van der Waals surface area contributed by atoms with Crippen molar-refractivity contribution in [2.45, 2.75) is 23.6 Å². The Bertz CT molecular complexity index is 641. The fraction of sp³-hybridized carbons (Fsp3) is 0.600. The van der Waals surface area contributed by atoms with Crippen molar-refractivity contribution in [3.63, 3.8) is 0 Å². The van der Waals surface area contributed by atoms with Gasteiger partial charge in [-0.25, -0.2) is 8.42 Å². The van der Waals surface area contributed by atoms with Gasteiger partial charge in [0.15, 0.2) is 4.34 Å². The lowest BCUT2D eigenvalue weighted by atomic mass is 10.0. The van der Waals surface area contributed by atoms with Gasteiger partial charge in [0, 0.05) is 31.2 Å². The highest BCUT2D eigenvalue weighted by atomic mass is 35.5. The third-order valence-electron chi connectivity index (χ3n) is 2.97. The molecule has 1 aromatic heterocycles. The van der Waals surface area contributed by atoms with Crippen molar-refractivity contribution in [3.05, 3.63) is 20.5 Å². The Morgan fingerprint density at radius 3 is 2.70 bits per heavy atom. The van der Waals surface area contributed by atoms with E-state index in [4.69, 9.17) is 11.6 Å². The number of thiophene rings is 1. The minimum atomic E-state index is -3.75. The van der Waals surface area contributed by atoms with Crippen molar-refractivity contribution in [1.29, 1.82) is 0 Å². The highest BCUT2D eigenvalue weighted by Gasteiger charge is 2.36. The van der Waals surface area contributed by atoms with Crippen LogP contribution in [-0.4, -0.2) is 42.8 Å². The van der Waals surface area contributed by atoms with Gasteiger partial charge in [0.25, 0.3) is 15.7 Å². The Kier molecular flexibility index (Phi) is 4.09. The smallest absolute Gasteiger partial charge is 0.300 e. The van der Waals surface area contributed by atoms with Crippen LogP contribution in [0.2, 0.25) is 4.34 Å². The first kappa shape index (κ1) is 15.6. The summed E-state index contributed by atoms with van der Waals surface area (Å²) in [6.07, 6.45) is 0. The Morgan fingerprint density at radius 2 is 2.20 bits per heavy atom. The molecular formula is C10H14ClN3O4S2. The largest absolute Gasteiger partial charge is 0.309 e. The Morgan fingerprint density at radius 1 is 1.55 bits per heavy atom. The van der Waals surface area contributed by atoms with Crippen molar-refractivity contribution in [3.8, 4) is 0 Å². The van der Waals surface area contributed by atoms with Crippen molar-refractivity contribution < 1.29 is 13.3 Å². The van der Waals surface area contributed by atoms with Crippen molar-refractivity contribution in [1.82, 2.24) is 9.62 Å². The van der Waals surface area contributed by atoms with Crippen molar-refractivity contribution in [2.24, 2.45) is 0 Å². The minimum Gasteiger partial charge on any atom is -0.309 e. The van der Waals surface area contributed by atoms with E-state index < -0.39 is 14.9 Å². The fourth-order valence-corrected chi connectivity index (χ4v) is 5.44. The van der Waals surface area contributed by atoms with Gasteiger partial charge in [-0.2, -0.15) is 4.31 Å². The highest BCUT2D eigenvalue weighted by molar-refractivity contribution is 7.91. The van der Waals surface area contributed by atoms with Gasteiger partial charge >= 0.3 is 0 Å². The predicted octanol–water partition coefficient (Wildman–Crippen LogP) is 1.68. The molecule has 1 saturated heterocycles. The van der Waals surface area contributed by atoms with Gasteiger partial charge in [0.2, 0.25) is 0 Å². The Balaban J connectivity index is 2.35. The summed E-state index contributed by atoms with van der Waals surface area (Å²) in [5.41, 5.74) is -0.706. The topological polar surface area (TPSA) is 92.5 Å². The quantitative estimate of drug-likeness (QED) is 0.668. The summed E-state index contributed by atoms with van der Waals surface area (Å²) in [5.74, 6) is 0. The highest BCUT2D eigenvalue weighted by Crippen LogP contribution is 2.37. The molecule has 2 heterocycles. The van der Waals surface area contributed by atoms with Crippen LogP contribution >= 0.6 is 22.9 Å². The zero-order chi connectivity index (χ0) is 15.1. The molecule has 2 rings (SSSR count). The van der Waals surface area contributed by atoms with Gasteiger partial charge in [-0.15, -0.1) is 11.3 Å². The Labute approximate surface area is 125 Å². The lowest BCUT2D eigenvalue weighted by molar-refractivity contribution is -0.384.